The second-order valence-electron chi connectivity index (χ2n) is 5.95. The molecular formula is C17H28N2OS. The summed E-state index contributed by atoms with van der Waals surface area (Å²) in [7, 11) is 0. The van der Waals surface area contributed by atoms with Gasteiger partial charge in [0.25, 0.3) is 0 Å². The van der Waals surface area contributed by atoms with Crippen molar-refractivity contribution >= 4 is 17.2 Å². The van der Waals surface area contributed by atoms with Crippen LogP contribution in [0.2, 0.25) is 0 Å². The molecule has 0 saturated carbocycles. The number of unbranched alkanes of at least 4 members (excludes halogenated alkanes) is 3. The van der Waals surface area contributed by atoms with Crippen molar-refractivity contribution in [1.29, 1.82) is 0 Å². The van der Waals surface area contributed by atoms with Gasteiger partial charge < -0.3 is 4.90 Å². The topological polar surface area (TPSA) is 32.3 Å². The van der Waals surface area contributed by atoms with Gasteiger partial charge in [0.1, 0.15) is 6.17 Å². The second kappa shape index (κ2) is 7.95. The van der Waals surface area contributed by atoms with Crippen molar-refractivity contribution < 1.29 is 4.79 Å². The monoisotopic (exact) mass is 308 g/mol. The van der Waals surface area contributed by atoms with E-state index in [1.165, 1.54) is 22.6 Å². The van der Waals surface area contributed by atoms with E-state index >= 15 is 0 Å². The van der Waals surface area contributed by atoms with Gasteiger partial charge >= 0.3 is 0 Å². The summed E-state index contributed by atoms with van der Waals surface area (Å²) in [5, 5.41) is 3.57. The van der Waals surface area contributed by atoms with Crippen molar-refractivity contribution in [2.24, 2.45) is 0 Å². The number of thiophene rings is 1. The minimum atomic E-state index is 0.0129. The van der Waals surface area contributed by atoms with Gasteiger partial charge in [0.2, 0.25) is 5.91 Å². The summed E-state index contributed by atoms with van der Waals surface area (Å²) in [5.41, 5.74) is 0. The van der Waals surface area contributed by atoms with Gasteiger partial charge in [0.15, 0.2) is 0 Å². The van der Waals surface area contributed by atoms with Crippen LogP contribution in [0.5, 0.6) is 0 Å². The Balaban J connectivity index is 2.08. The molecule has 21 heavy (non-hydrogen) atoms. The van der Waals surface area contributed by atoms with Gasteiger partial charge in [-0.15, -0.1) is 11.3 Å². The Morgan fingerprint density at radius 1 is 1.19 bits per heavy atom. The Bertz CT molecular complexity index is 457. The number of amides is 1. The van der Waals surface area contributed by atoms with E-state index in [4.69, 9.17) is 0 Å². The van der Waals surface area contributed by atoms with Crippen molar-refractivity contribution in [2.75, 3.05) is 6.54 Å². The first-order chi connectivity index (χ1) is 10.2. The minimum Gasteiger partial charge on any atom is -0.321 e. The van der Waals surface area contributed by atoms with E-state index in [0.717, 1.165) is 32.2 Å². The molecule has 118 valence electrons. The predicted molar refractivity (Wildman–Crippen MR) is 89.5 cm³/mol. The third kappa shape index (κ3) is 4.07. The number of carbonyl (C=O) groups is 1. The summed E-state index contributed by atoms with van der Waals surface area (Å²) in [6.07, 6.45) is 6.80. The van der Waals surface area contributed by atoms with Gasteiger partial charge in [-0.05, 0) is 31.9 Å². The quantitative estimate of drug-likeness (QED) is 0.729. The molecule has 1 aliphatic rings. The van der Waals surface area contributed by atoms with E-state index in [0.29, 0.717) is 5.91 Å². The normalized spacial score (nSPS) is 22.2. The fraction of sp³-hybridized carbons (Fsp3) is 0.706. The van der Waals surface area contributed by atoms with Crippen molar-refractivity contribution in [2.45, 2.75) is 71.5 Å². The number of carbonyl (C=O) groups excluding carboxylic acids is 1. The number of nitrogens with zero attached hydrogens (tertiary/aromatic N) is 1. The Morgan fingerprint density at radius 2 is 1.95 bits per heavy atom. The van der Waals surface area contributed by atoms with Gasteiger partial charge in [-0.2, -0.15) is 0 Å². The first-order valence-electron chi connectivity index (χ1n) is 8.30. The molecule has 2 rings (SSSR count). The first-order valence-corrected chi connectivity index (χ1v) is 9.11. The van der Waals surface area contributed by atoms with Crippen LogP contribution in [0.25, 0.3) is 0 Å². The fourth-order valence-electron chi connectivity index (χ4n) is 2.90. The van der Waals surface area contributed by atoms with Gasteiger partial charge in [-0.25, -0.2) is 0 Å². The van der Waals surface area contributed by atoms with E-state index in [2.05, 4.69) is 43.1 Å². The maximum atomic E-state index is 12.7. The summed E-state index contributed by atoms with van der Waals surface area (Å²) < 4.78 is 0. The molecule has 0 aromatic carbocycles. The Hall–Kier alpha value is -0.870. The van der Waals surface area contributed by atoms with Crippen LogP contribution in [0.1, 0.15) is 68.3 Å². The number of aryl methyl sites for hydroxylation is 1. The summed E-state index contributed by atoms with van der Waals surface area (Å²) >= 11 is 1.80. The Morgan fingerprint density at radius 3 is 2.57 bits per heavy atom. The van der Waals surface area contributed by atoms with Gasteiger partial charge in [-0.3, -0.25) is 10.1 Å². The van der Waals surface area contributed by atoms with Crippen LogP contribution in [-0.2, 0) is 4.79 Å². The van der Waals surface area contributed by atoms with Crippen LogP contribution in [0.15, 0.2) is 12.1 Å². The van der Waals surface area contributed by atoms with Crippen LogP contribution in [0, 0.1) is 6.92 Å². The molecule has 3 nitrogen and oxygen atoms in total. The fourth-order valence-corrected chi connectivity index (χ4v) is 3.85. The van der Waals surface area contributed by atoms with E-state index in [1.54, 1.807) is 11.3 Å². The molecule has 2 unspecified atom stereocenters. The maximum Gasteiger partial charge on any atom is 0.241 e. The molecule has 0 aliphatic carbocycles. The zero-order valence-corrected chi connectivity index (χ0v) is 14.3. The van der Waals surface area contributed by atoms with Gasteiger partial charge in [0, 0.05) is 16.3 Å². The molecule has 1 fully saturated rings. The largest absolute Gasteiger partial charge is 0.321 e. The maximum absolute atomic E-state index is 12.7. The van der Waals surface area contributed by atoms with Crippen LogP contribution < -0.4 is 5.32 Å². The molecular weight excluding hydrogens is 280 g/mol. The zero-order valence-electron chi connectivity index (χ0n) is 13.5. The molecule has 1 N–H and O–H groups in total. The molecule has 2 atom stereocenters. The molecule has 1 amide bonds. The van der Waals surface area contributed by atoms with E-state index < -0.39 is 0 Å². The lowest BCUT2D eigenvalue weighted by atomic mass is 10.1. The number of nitrogens with one attached hydrogen (secondary N) is 1. The van der Waals surface area contributed by atoms with E-state index in [1.807, 2.05) is 0 Å². The summed E-state index contributed by atoms with van der Waals surface area (Å²) in [6, 6.07) is 4.33. The lowest BCUT2D eigenvalue weighted by Gasteiger charge is -2.23. The number of hydrogen-bond donors (Lipinski definition) is 1. The lowest BCUT2D eigenvalue weighted by molar-refractivity contribution is -0.130. The molecule has 1 aromatic rings. The Kier molecular flexibility index (Phi) is 6.24. The molecule has 1 aliphatic heterocycles. The smallest absolute Gasteiger partial charge is 0.241 e. The number of rotatable bonds is 8. The highest BCUT2D eigenvalue weighted by Crippen LogP contribution is 2.31. The first kappa shape index (κ1) is 16.5. The lowest BCUT2D eigenvalue weighted by Crippen LogP contribution is -2.31. The number of hydrogen-bond acceptors (Lipinski definition) is 3. The summed E-state index contributed by atoms with van der Waals surface area (Å²) in [6.45, 7) is 7.39. The molecule has 0 bridgehead atoms. The van der Waals surface area contributed by atoms with Crippen LogP contribution >= 0.6 is 11.3 Å². The summed E-state index contributed by atoms with van der Waals surface area (Å²) in [5.74, 6) is 0.301. The highest BCUT2D eigenvalue weighted by Gasteiger charge is 2.39. The van der Waals surface area contributed by atoms with Crippen LogP contribution in [-0.4, -0.2) is 23.4 Å². The van der Waals surface area contributed by atoms with Gasteiger partial charge in [0.05, 0.1) is 6.04 Å². The molecule has 1 aromatic heterocycles. The average molecular weight is 308 g/mol. The predicted octanol–water partition coefficient (Wildman–Crippen LogP) is 4.24. The summed E-state index contributed by atoms with van der Waals surface area (Å²) in [4.78, 5) is 17.3. The molecule has 2 heterocycles. The van der Waals surface area contributed by atoms with Crippen molar-refractivity contribution in [3.63, 3.8) is 0 Å². The van der Waals surface area contributed by atoms with Crippen LogP contribution in [0.3, 0.4) is 0 Å². The highest BCUT2D eigenvalue weighted by atomic mass is 32.1. The SMILES string of the molecule is CCCCCN1C(=O)C(CCCC)NC1c1ccc(C)s1. The van der Waals surface area contributed by atoms with E-state index in [9.17, 15) is 4.79 Å². The van der Waals surface area contributed by atoms with Crippen LogP contribution in [0.4, 0.5) is 0 Å². The molecule has 4 heteroatoms. The van der Waals surface area contributed by atoms with Crippen molar-refractivity contribution in [3.05, 3.63) is 21.9 Å². The molecule has 1 saturated heterocycles. The van der Waals surface area contributed by atoms with E-state index in [-0.39, 0.29) is 12.2 Å². The Labute approximate surface area is 132 Å². The third-order valence-corrected chi connectivity index (χ3v) is 5.18. The second-order valence-corrected chi connectivity index (χ2v) is 7.27. The molecule has 0 radical (unpaired) electrons. The third-order valence-electron chi connectivity index (χ3n) is 4.13. The molecule has 0 spiro atoms. The van der Waals surface area contributed by atoms with Crippen molar-refractivity contribution in [3.8, 4) is 0 Å². The standard InChI is InChI=1S/C17H28N2OS/c1-4-6-8-12-19-16(15-11-10-13(3)21-15)18-14(17(19)20)9-7-5-2/h10-11,14,16,18H,4-9,12H2,1-3H3. The zero-order chi connectivity index (χ0) is 15.2. The average Bonchev–Trinajstić information content (AvgIpc) is 3.02. The van der Waals surface area contributed by atoms with Crippen molar-refractivity contribution in [1.82, 2.24) is 10.2 Å². The highest BCUT2D eigenvalue weighted by molar-refractivity contribution is 7.12. The van der Waals surface area contributed by atoms with Gasteiger partial charge in [-0.1, -0.05) is 39.5 Å². The minimum absolute atomic E-state index is 0.0129.